The Morgan fingerprint density at radius 2 is 2.09 bits per heavy atom. The fourth-order valence-corrected chi connectivity index (χ4v) is 0.365. The number of methoxy groups -OCH3 is 1. The molecule has 0 aliphatic carbocycles. The predicted molar refractivity (Wildman–Crippen MR) is 40.8 cm³/mol. The van der Waals surface area contributed by atoms with E-state index >= 15 is 0 Å². The fraction of sp³-hybridized carbons (Fsp3) is 0.857. The van der Waals surface area contributed by atoms with Crippen LogP contribution in [0.3, 0.4) is 0 Å². The molecule has 11 heavy (non-hydrogen) atoms. The molecule has 0 heterocycles. The lowest BCUT2D eigenvalue weighted by Crippen LogP contribution is -2.29. The maximum absolute atomic E-state index is 10.8. The van der Waals surface area contributed by atoms with E-state index in [-0.39, 0.29) is 11.8 Å². The molecule has 0 aliphatic heterocycles. The van der Waals surface area contributed by atoms with E-state index in [4.69, 9.17) is 9.57 Å². The van der Waals surface area contributed by atoms with Gasteiger partial charge in [-0.25, -0.2) is 5.48 Å². The Morgan fingerprint density at radius 3 is 2.55 bits per heavy atom. The van der Waals surface area contributed by atoms with Crippen molar-refractivity contribution in [1.29, 1.82) is 0 Å². The molecule has 0 rings (SSSR count). The molecule has 1 amide bonds. The summed E-state index contributed by atoms with van der Waals surface area (Å²) in [6.07, 6.45) is 0. The second-order valence-electron chi connectivity index (χ2n) is 2.46. The van der Waals surface area contributed by atoms with Crippen molar-refractivity contribution in [2.75, 3.05) is 20.3 Å². The summed E-state index contributed by atoms with van der Waals surface area (Å²) in [5.74, 6) is -0.154. The third-order valence-corrected chi connectivity index (χ3v) is 1.09. The lowest BCUT2D eigenvalue weighted by molar-refractivity contribution is -0.137. The summed E-state index contributed by atoms with van der Waals surface area (Å²) in [4.78, 5) is 15.6. The van der Waals surface area contributed by atoms with Gasteiger partial charge in [-0.1, -0.05) is 13.8 Å². The van der Waals surface area contributed by atoms with E-state index in [1.807, 2.05) is 0 Å². The summed E-state index contributed by atoms with van der Waals surface area (Å²) in [5.41, 5.74) is 2.30. The minimum Gasteiger partial charge on any atom is -0.382 e. The van der Waals surface area contributed by atoms with Crippen molar-refractivity contribution in [3.8, 4) is 0 Å². The zero-order chi connectivity index (χ0) is 8.69. The lowest BCUT2D eigenvalue weighted by Gasteiger charge is -2.06. The van der Waals surface area contributed by atoms with Crippen molar-refractivity contribution in [3.05, 3.63) is 0 Å². The minimum atomic E-state index is -0.110. The Bertz CT molecular complexity index is 114. The number of amides is 1. The zero-order valence-corrected chi connectivity index (χ0v) is 7.22. The van der Waals surface area contributed by atoms with Gasteiger partial charge in [-0.2, -0.15) is 0 Å². The molecule has 0 aliphatic rings. The minimum absolute atomic E-state index is 0.0439. The highest BCUT2D eigenvalue weighted by Gasteiger charge is 2.04. The van der Waals surface area contributed by atoms with Gasteiger partial charge < -0.3 is 4.74 Å². The van der Waals surface area contributed by atoms with E-state index in [0.29, 0.717) is 13.2 Å². The van der Waals surface area contributed by atoms with Crippen molar-refractivity contribution < 1.29 is 14.4 Å². The lowest BCUT2D eigenvalue weighted by atomic mass is 10.2. The van der Waals surface area contributed by atoms with Crippen molar-refractivity contribution in [3.63, 3.8) is 0 Å². The average molecular weight is 161 g/mol. The van der Waals surface area contributed by atoms with Gasteiger partial charge in [0.2, 0.25) is 5.91 Å². The van der Waals surface area contributed by atoms with Crippen LogP contribution in [0.4, 0.5) is 0 Å². The maximum Gasteiger partial charge on any atom is 0.246 e. The monoisotopic (exact) mass is 161 g/mol. The molecule has 4 heteroatoms. The summed E-state index contributed by atoms with van der Waals surface area (Å²) in [6, 6.07) is 0. The number of hydrogen-bond acceptors (Lipinski definition) is 3. The molecule has 0 atom stereocenters. The second kappa shape index (κ2) is 6.12. The van der Waals surface area contributed by atoms with E-state index in [0.717, 1.165) is 0 Å². The Kier molecular flexibility index (Phi) is 5.78. The third kappa shape index (κ3) is 5.82. The molecule has 0 saturated carbocycles. The molecule has 0 aromatic rings. The Balaban J connectivity index is 3.18. The molecule has 0 bridgehead atoms. The van der Waals surface area contributed by atoms with Gasteiger partial charge in [-0.3, -0.25) is 9.63 Å². The number of rotatable bonds is 5. The van der Waals surface area contributed by atoms with E-state index in [1.165, 1.54) is 0 Å². The molecule has 66 valence electrons. The van der Waals surface area contributed by atoms with Gasteiger partial charge in [-0.05, 0) is 0 Å². The molecule has 0 aromatic carbocycles. The highest BCUT2D eigenvalue weighted by Crippen LogP contribution is 1.89. The van der Waals surface area contributed by atoms with Crippen molar-refractivity contribution in [1.82, 2.24) is 5.48 Å². The predicted octanol–water partition coefficient (Wildman–Crippen LogP) is 0.337. The van der Waals surface area contributed by atoms with Crippen LogP contribution in [-0.4, -0.2) is 26.2 Å². The molecule has 1 N–H and O–H groups in total. The number of nitrogens with one attached hydrogen (secondary N) is 1. The van der Waals surface area contributed by atoms with Crippen molar-refractivity contribution in [2.45, 2.75) is 13.8 Å². The van der Waals surface area contributed by atoms with Crippen LogP contribution in [-0.2, 0) is 14.4 Å². The van der Waals surface area contributed by atoms with E-state index in [9.17, 15) is 4.79 Å². The Hall–Kier alpha value is -0.610. The van der Waals surface area contributed by atoms with Gasteiger partial charge in [-0.15, -0.1) is 0 Å². The van der Waals surface area contributed by atoms with Crippen LogP contribution in [0.5, 0.6) is 0 Å². The highest BCUT2D eigenvalue weighted by molar-refractivity contribution is 5.76. The first-order chi connectivity index (χ1) is 5.18. The molecule has 0 spiro atoms. The fourth-order valence-electron chi connectivity index (χ4n) is 0.365. The van der Waals surface area contributed by atoms with Crippen LogP contribution in [0, 0.1) is 5.92 Å². The average Bonchev–Trinajstić information content (AvgIpc) is 1.97. The van der Waals surface area contributed by atoms with Crippen LogP contribution < -0.4 is 5.48 Å². The number of carbonyl (C=O) groups excluding carboxylic acids is 1. The van der Waals surface area contributed by atoms with Gasteiger partial charge in [0, 0.05) is 13.0 Å². The summed E-state index contributed by atoms with van der Waals surface area (Å²) < 4.78 is 4.71. The van der Waals surface area contributed by atoms with Crippen LogP contribution in [0.15, 0.2) is 0 Å². The van der Waals surface area contributed by atoms with Crippen molar-refractivity contribution >= 4 is 5.91 Å². The van der Waals surface area contributed by atoms with Gasteiger partial charge in [0.15, 0.2) is 0 Å². The van der Waals surface area contributed by atoms with E-state index in [2.05, 4.69) is 5.48 Å². The van der Waals surface area contributed by atoms with Crippen LogP contribution in [0.25, 0.3) is 0 Å². The smallest absolute Gasteiger partial charge is 0.246 e. The van der Waals surface area contributed by atoms with E-state index in [1.54, 1.807) is 21.0 Å². The number of ether oxygens (including phenoxy) is 1. The molecular weight excluding hydrogens is 146 g/mol. The molecule has 0 unspecified atom stereocenters. The summed E-state index contributed by atoms with van der Waals surface area (Å²) in [5, 5.41) is 0. The Labute approximate surface area is 66.8 Å². The molecule has 0 aromatic heterocycles. The molecular formula is C7H15NO3. The number of carbonyl (C=O) groups is 1. The normalized spacial score (nSPS) is 10.2. The Morgan fingerprint density at radius 1 is 1.45 bits per heavy atom. The standard InChI is InChI=1S/C7H15NO3/c1-6(2)7(9)8-11-5-4-10-3/h6H,4-5H2,1-3H3,(H,8,9). The first kappa shape index (κ1) is 10.4. The van der Waals surface area contributed by atoms with Gasteiger partial charge in [0.25, 0.3) is 0 Å². The SMILES string of the molecule is COCCONC(=O)C(C)C. The molecule has 4 nitrogen and oxygen atoms in total. The summed E-state index contributed by atoms with van der Waals surface area (Å²) in [7, 11) is 1.58. The largest absolute Gasteiger partial charge is 0.382 e. The zero-order valence-electron chi connectivity index (χ0n) is 7.22. The van der Waals surface area contributed by atoms with Crippen LogP contribution in [0.2, 0.25) is 0 Å². The van der Waals surface area contributed by atoms with Crippen LogP contribution in [0.1, 0.15) is 13.8 Å². The van der Waals surface area contributed by atoms with E-state index < -0.39 is 0 Å². The summed E-state index contributed by atoms with van der Waals surface area (Å²) in [6.45, 7) is 4.47. The van der Waals surface area contributed by atoms with Crippen molar-refractivity contribution in [2.24, 2.45) is 5.92 Å². The molecule has 0 radical (unpaired) electrons. The second-order valence-corrected chi connectivity index (χ2v) is 2.46. The van der Waals surface area contributed by atoms with Gasteiger partial charge in [0.05, 0.1) is 13.2 Å². The van der Waals surface area contributed by atoms with Crippen LogP contribution >= 0.6 is 0 Å². The van der Waals surface area contributed by atoms with Gasteiger partial charge >= 0.3 is 0 Å². The quantitative estimate of drug-likeness (QED) is 0.467. The number of hydrogen-bond donors (Lipinski definition) is 1. The topological polar surface area (TPSA) is 47.6 Å². The number of hydroxylamine groups is 1. The molecule has 0 saturated heterocycles. The maximum atomic E-state index is 10.8. The summed E-state index contributed by atoms with van der Waals surface area (Å²) >= 11 is 0. The third-order valence-electron chi connectivity index (χ3n) is 1.09. The van der Waals surface area contributed by atoms with Gasteiger partial charge in [0.1, 0.15) is 0 Å². The first-order valence-corrected chi connectivity index (χ1v) is 3.59. The highest BCUT2D eigenvalue weighted by atomic mass is 16.7. The first-order valence-electron chi connectivity index (χ1n) is 3.59. The molecule has 0 fully saturated rings.